The molecule has 0 unspecified atom stereocenters. The van der Waals surface area contributed by atoms with E-state index in [9.17, 15) is 8.42 Å². The second kappa shape index (κ2) is 5.75. The van der Waals surface area contributed by atoms with E-state index < -0.39 is 15.6 Å². The lowest BCUT2D eigenvalue weighted by atomic mass is 9.94. The van der Waals surface area contributed by atoms with Gasteiger partial charge in [-0.15, -0.1) is 0 Å². The number of nitrogens with one attached hydrogen (secondary N) is 1. The monoisotopic (exact) mass is 290 g/mol. The molecular weight excluding hydrogens is 272 g/mol. The van der Waals surface area contributed by atoms with Crippen molar-refractivity contribution in [1.82, 2.24) is 4.72 Å². The van der Waals surface area contributed by atoms with E-state index in [0.29, 0.717) is 0 Å². The molecule has 0 bridgehead atoms. The van der Waals surface area contributed by atoms with Crippen molar-refractivity contribution in [3.63, 3.8) is 0 Å². The third-order valence-corrected chi connectivity index (χ3v) is 4.84. The molecule has 0 fully saturated rings. The highest BCUT2D eigenvalue weighted by Crippen LogP contribution is 2.22. The Morgan fingerprint density at radius 3 is 2.00 bits per heavy atom. The second-order valence-corrected chi connectivity index (χ2v) is 6.50. The predicted molar refractivity (Wildman–Crippen MR) is 79.6 cm³/mol. The molecule has 3 N–H and O–H groups in total. The van der Waals surface area contributed by atoms with Gasteiger partial charge in [-0.05, 0) is 24.6 Å². The highest BCUT2D eigenvalue weighted by atomic mass is 32.2. The molecule has 0 spiro atoms. The predicted octanol–water partition coefficient (Wildman–Crippen LogP) is 1.84. The lowest BCUT2D eigenvalue weighted by Gasteiger charge is -2.29. The van der Waals surface area contributed by atoms with Crippen LogP contribution in [0.25, 0.3) is 0 Å². The summed E-state index contributed by atoms with van der Waals surface area (Å²) in [4.78, 5) is 0.232. The Kier molecular flexibility index (Phi) is 4.23. The maximum Gasteiger partial charge on any atom is 0.241 e. The first kappa shape index (κ1) is 14.7. The van der Waals surface area contributed by atoms with Crippen LogP contribution in [0.3, 0.4) is 0 Å². The summed E-state index contributed by atoms with van der Waals surface area (Å²) in [5.41, 5.74) is 5.80. The lowest BCUT2D eigenvalue weighted by Crippen LogP contribution is -2.48. The third-order valence-electron chi connectivity index (χ3n) is 3.23. The molecule has 106 valence electrons. The molecule has 0 aliphatic rings. The van der Waals surface area contributed by atoms with E-state index >= 15 is 0 Å². The minimum atomic E-state index is -3.61. The Morgan fingerprint density at radius 1 is 1.00 bits per heavy atom. The SMILES string of the molecule is C[C@@](CN)(NS(=O)(=O)c1ccccc1)c1ccccc1. The van der Waals surface area contributed by atoms with Gasteiger partial charge in [0.15, 0.2) is 0 Å². The number of sulfonamides is 1. The van der Waals surface area contributed by atoms with Crippen LogP contribution in [0.2, 0.25) is 0 Å². The highest BCUT2D eigenvalue weighted by Gasteiger charge is 2.30. The molecule has 2 rings (SSSR count). The minimum absolute atomic E-state index is 0.170. The summed E-state index contributed by atoms with van der Waals surface area (Å²) < 4.78 is 27.5. The molecule has 5 heteroatoms. The molecule has 0 saturated heterocycles. The van der Waals surface area contributed by atoms with Crippen LogP contribution in [0.1, 0.15) is 12.5 Å². The van der Waals surface area contributed by atoms with Crippen LogP contribution >= 0.6 is 0 Å². The lowest BCUT2D eigenvalue weighted by molar-refractivity contribution is 0.441. The zero-order valence-electron chi connectivity index (χ0n) is 11.3. The fourth-order valence-electron chi connectivity index (χ4n) is 1.98. The highest BCUT2D eigenvalue weighted by molar-refractivity contribution is 7.89. The number of rotatable bonds is 5. The molecule has 20 heavy (non-hydrogen) atoms. The summed E-state index contributed by atoms with van der Waals surface area (Å²) in [6.07, 6.45) is 0. The standard InChI is InChI=1S/C15H18N2O2S/c1-15(12-16,13-8-4-2-5-9-13)17-20(18,19)14-10-6-3-7-11-14/h2-11,17H,12,16H2,1H3/t15-/m0/s1. The van der Waals surface area contributed by atoms with Crippen molar-refractivity contribution in [2.75, 3.05) is 6.54 Å². The molecule has 0 amide bonds. The van der Waals surface area contributed by atoms with E-state index in [4.69, 9.17) is 5.73 Å². The average molecular weight is 290 g/mol. The van der Waals surface area contributed by atoms with Crippen LogP contribution in [-0.2, 0) is 15.6 Å². The van der Waals surface area contributed by atoms with Crippen LogP contribution in [-0.4, -0.2) is 15.0 Å². The van der Waals surface area contributed by atoms with Gasteiger partial charge < -0.3 is 5.73 Å². The fourth-order valence-corrected chi connectivity index (χ4v) is 3.41. The average Bonchev–Trinajstić information content (AvgIpc) is 2.48. The van der Waals surface area contributed by atoms with Gasteiger partial charge in [0.2, 0.25) is 10.0 Å². The Balaban J connectivity index is 2.36. The number of hydrogen-bond donors (Lipinski definition) is 2. The Morgan fingerprint density at radius 2 is 1.50 bits per heavy atom. The third kappa shape index (κ3) is 3.07. The van der Waals surface area contributed by atoms with Gasteiger partial charge in [-0.2, -0.15) is 4.72 Å². The van der Waals surface area contributed by atoms with Crippen molar-refractivity contribution in [3.05, 3.63) is 66.2 Å². The number of hydrogen-bond acceptors (Lipinski definition) is 3. The van der Waals surface area contributed by atoms with Gasteiger partial charge in [0.05, 0.1) is 10.4 Å². The maximum absolute atomic E-state index is 12.4. The quantitative estimate of drug-likeness (QED) is 0.882. The molecule has 2 aromatic carbocycles. The van der Waals surface area contributed by atoms with E-state index in [1.165, 1.54) is 0 Å². The summed E-state index contributed by atoms with van der Waals surface area (Å²) in [5.74, 6) is 0. The zero-order valence-corrected chi connectivity index (χ0v) is 12.1. The van der Waals surface area contributed by atoms with Gasteiger partial charge >= 0.3 is 0 Å². The normalized spacial score (nSPS) is 14.7. The molecule has 0 radical (unpaired) electrons. The molecule has 0 aliphatic carbocycles. The Hall–Kier alpha value is -1.69. The Bertz CT molecular complexity index is 657. The summed E-state index contributed by atoms with van der Waals surface area (Å²) in [6.45, 7) is 1.95. The van der Waals surface area contributed by atoms with Crippen LogP contribution in [0, 0.1) is 0 Å². The van der Waals surface area contributed by atoms with Crippen LogP contribution in [0.4, 0.5) is 0 Å². The van der Waals surface area contributed by atoms with Crippen LogP contribution in [0.5, 0.6) is 0 Å². The summed E-state index contributed by atoms with van der Waals surface area (Å²) in [7, 11) is -3.61. The number of benzene rings is 2. The van der Waals surface area contributed by atoms with Gasteiger partial charge in [-0.3, -0.25) is 0 Å². The van der Waals surface area contributed by atoms with Crippen LogP contribution < -0.4 is 10.5 Å². The van der Waals surface area contributed by atoms with Crippen molar-refractivity contribution in [1.29, 1.82) is 0 Å². The van der Waals surface area contributed by atoms with Gasteiger partial charge in [-0.25, -0.2) is 8.42 Å². The first-order chi connectivity index (χ1) is 9.48. The molecule has 1 atom stereocenters. The molecular formula is C15H18N2O2S. The Labute approximate surface area is 119 Å². The van der Waals surface area contributed by atoms with E-state index in [1.807, 2.05) is 30.3 Å². The van der Waals surface area contributed by atoms with Crippen molar-refractivity contribution < 1.29 is 8.42 Å². The second-order valence-electron chi connectivity index (χ2n) is 4.82. The summed E-state index contributed by atoms with van der Waals surface area (Å²) >= 11 is 0. The molecule has 0 aliphatic heterocycles. The van der Waals surface area contributed by atoms with E-state index in [-0.39, 0.29) is 11.4 Å². The largest absolute Gasteiger partial charge is 0.328 e. The van der Waals surface area contributed by atoms with Gasteiger partial charge in [0.25, 0.3) is 0 Å². The van der Waals surface area contributed by atoms with Crippen molar-refractivity contribution in [2.24, 2.45) is 5.73 Å². The van der Waals surface area contributed by atoms with Crippen molar-refractivity contribution in [3.8, 4) is 0 Å². The zero-order chi connectivity index (χ0) is 14.6. The van der Waals surface area contributed by atoms with Gasteiger partial charge in [-0.1, -0.05) is 48.5 Å². The molecule has 0 heterocycles. The molecule has 0 aromatic heterocycles. The van der Waals surface area contributed by atoms with Gasteiger partial charge in [0, 0.05) is 6.54 Å². The van der Waals surface area contributed by atoms with E-state index in [0.717, 1.165) is 5.56 Å². The van der Waals surface area contributed by atoms with E-state index in [1.54, 1.807) is 37.3 Å². The smallest absolute Gasteiger partial charge is 0.241 e. The fraction of sp³-hybridized carbons (Fsp3) is 0.200. The summed E-state index contributed by atoms with van der Waals surface area (Å²) in [5, 5.41) is 0. The first-order valence-electron chi connectivity index (χ1n) is 6.32. The topological polar surface area (TPSA) is 72.2 Å². The maximum atomic E-state index is 12.4. The molecule has 0 saturated carbocycles. The minimum Gasteiger partial charge on any atom is -0.328 e. The summed E-state index contributed by atoms with van der Waals surface area (Å²) in [6, 6.07) is 17.6. The van der Waals surface area contributed by atoms with Crippen molar-refractivity contribution in [2.45, 2.75) is 17.4 Å². The van der Waals surface area contributed by atoms with Crippen molar-refractivity contribution >= 4 is 10.0 Å². The van der Waals surface area contributed by atoms with Gasteiger partial charge in [0.1, 0.15) is 0 Å². The van der Waals surface area contributed by atoms with E-state index in [2.05, 4.69) is 4.72 Å². The first-order valence-corrected chi connectivity index (χ1v) is 7.81. The molecule has 2 aromatic rings. The van der Waals surface area contributed by atoms with Crippen LogP contribution in [0.15, 0.2) is 65.6 Å². The number of nitrogens with two attached hydrogens (primary N) is 1. The molecule has 4 nitrogen and oxygen atoms in total.